The highest BCUT2D eigenvalue weighted by molar-refractivity contribution is 9.10. The van der Waals surface area contributed by atoms with E-state index in [0.29, 0.717) is 0 Å². The van der Waals surface area contributed by atoms with Crippen molar-refractivity contribution in [2.75, 3.05) is 0 Å². The average Bonchev–Trinajstić information content (AvgIpc) is 2.11. The largest absolute Gasteiger partial charge is 0.506 e. The van der Waals surface area contributed by atoms with Crippen molar-refractivity contribution in [2.24, 2.45) is 0 Å². The molecule has 0 saturated carbocycles. The third-order valence-electron chi connectivity index (χ3n) is 1.52. The average molecular weight is 283 g/mol. The van der Waals surface area contributed by atoms with Gasteiger partial charge in [-0.05, 0) is 15.9 Å². The van der Waals surface area contributed by atoms with E-state index in [2.05, 4.69) is 15.9 Å². The van der Waals surface area contributed by atoms with E-state index in [9.17, 15) is 20.1 Å². The molecular formula is C7H4BrClO5. The van der Waals surface area contributed by atoms with Gasteiger partial charge in [0, 0.05) is 0 Å². The maximum absolute atomic E-state index is 10.6. The molecule has 1 rings (SSSR count). The number of phenolic OH excluding ortho intramolecular Hbond substituents is 1. The first-order valence-electron chi connectivity index (χ1n) is 3.23. The Morgan fingerprint density at radius 3 is 2.07 bits per heavy atom. The number of aromatic hydroxyl groups is 3. The van der Waals surface area contributed by atoms with Gasteiger partial charge in [-0.3, -0.25) is 0 Å². The van der Waals surface area contributed by atoms with Crippen molar-refractivity contribution in [3.63, 3.8) is 0 Å². The molecule has 0 aliphatic heterocycles. The van der Waals surface area contributed by atoms with Gasteiger partial charge in [-0.25, -0.2) is 4.79 Å². The van der Waals surface area contributed by atoms with Gasteiger partial charge in [0.1, 0.15) is 15.1 Å². The third-order valence-corrected chi connectivity index (χ3v) is 2.63. The summed E-state index contributed by atoms with van der Waals surface area (Å²) in [5.41, 5.74) is -0.764. The van der Waals surface area contributed by atoms with Crippen LogP contribution in [0.4, 0.5) is 0 Å². The molecule has 5 nitrogen and oxygen atoms in total. The number of rotatable bonds is 1. The predicted molar refractivity (Wildman–Crippen MR) is 51.1 cm³/mol. The van der Waals surface area contributed by atoms with E-state index < -0.39 is 33.8 Å². The summed E-state index contributed by atoms with van der Waals surface area (Å²) in [6.07, 6.45) is 0. The van der Waals surface area contributed by atoms with Crippen LogP contribution < -0.4 is 0 Å². The first-order chi connectivity index (χ1) is 6.37. The van der Waals surface area contributed by atoms with Crippen molar-refractivity contribution >= 4 is 33.5 Å². The molecule has 0 radical (unpaired) electrons. The SMILES string of the molecule is O=C(O)c1c(O)c(Cl)c(O)c(Br)c1O. The minimum Gasteiger partial charge on any atom is -0.506 e. The molecular weight excluding hydrogens is 279 g/mol. The van der Waals surface area contributed by atoms with Gasteiger partial charge in [0.05, 0.1) is 0 Å². The van der Waals surface area contributed by atoms with E-state index in [-0.39, 0.29) is 4.47 Å². The minimum atomic E-state index is -1.55. The van der Waals surface area contributed by atoms with Crippen LogP contribution >= 0.6 is 27.5 Å². The van der Waals surface area contributed by atoms with Gasteiger partial charge in [0.25, 0.3) is 0 Å². The second kappa shape index (κ2) is 3.55. The van der Waals surface area contributed by atoms with Crippen LogP contribution in [0.1, 0.15) is 10.4 Å². The van der Waals surface area contributed by atoms with Crippen molar-refractivity contribution < 1.29 is 25.2 Å². The molecule has 76 valence electrons. The fraction of sp³-hybridized carbons (Fsp3) is 0. The lowest BCUT2D eigenvalue weighted by atomic mass is 10.1. The Balaban J connectivity index is 3.68. The summed E-state index contributed by atoms with van der Waals surface area (Å²) in [5.74, 6) is -3.83. The minimum absolute atomic E-state index is 0.280. The second-order valence-electron chi connectivity index (χ2n) is 2.35. The first kappa shape index (κ1) is 10.9. The van der Waals surface area contributed by atoms with Crippen molar-refractivity contribution in [3.8, 4) is 17.2 Å². The summed E-state index contributed by atoms with van der Waals surface area (Å²) in [6, 6.07) is 0. The number of benzene rings is 1. The predicted octanol–water partition coefficient (Wildman–Crippen LogP) is 1.92. The van der Waals surface area contributed by atoms with Gasteiger partial charge in [0.2, 0.25) is 0 Å². The number of hydrogen-bond donors (Lipinski definition) is 4. The molecule has 0 spiro atoms. The van der Waals surface area contributed by atoms with Crippen LogP contribution in [0.25, 0.3) is 0 Å². The van der Waals surface area contributed by atoms with E-state index in [4.69, 9.17) is 16.7 Å². The molecule has 4 N–H and O–H groups in total. The Morgan fingerprint density at radius 2 is 1.64 bits per heavy atom. The number of carboxylic acids is 1. The quantitative estimate of drug-likeness (QED) is 0.631. The summed E-state index contributed by atoms with van der Waals surface area (Å²) in [7, 11) is 0. The molecule has 0 aliphatic rings. The van der Waals surface area contributed by atoms with Gasteiger partial charge in [-0.1, -0.05) is 11.6 Å². The van der Waals surface area contributed by atoms with Gasteiger partial charge < -0.3 is 20.4 Å². The number of halogens is 2. The monoisotopic (exact) mass is 282 g/mol. The lowest BCUT2D eigenvalue weighted by molar-refractivity contribution is 0.0690. The standard InChI is InChI=1S/C7H4BrClO5/c8-2-4(10)1(7(13)14)5(11)3(9)6(2)12/h10-12H,(H,13,14). The molecule has 0 aromatic heterocycles. The topological polar surface area (TPSA) is 98.0 Å². The van der Waals surface area contributed by atoms with E-state index in [1.807, 2.05) is 0 Å². The maximum atomic E-state index is 10.6. The van der Waals surface area contributed by atoms with E-state index in [1.165, 1.54) is 0 Å². The smallest absolute Gasteiger partial charge is 0.343 e. The van der Waals surface area contributed by atoms with Crippen molar-refractivity contribution in [3.05, 3.63) is 15.1 Å². The lowest BCUT2D eigenvalue weighted by Gasteiger charge is -2.08. The number of phenols is 3. The van der Waals surface area contributed by atoms with Gasteiger partial charge >= 0.3 is 5.97 Å². The molecule has 1 aromatic rings. The number of carboxylic acid groups (broad SMARTS) is 1. The van der Waals surface area contributed by atoms with Crippen molar-refractivity contribution in [1.82, 2.24) is 0 Å². The summed E-state index contributed by atoms with van der Waals surface area (Å²) in [5, 5.41) is 35.7. The zero-order valence-electron chi connectivity index (χ0n) is 6.45. The summed E-state index contributed by atoms with van der Waals surface area (Å²) in [4.78, 5) is 10.6. The Bertz CT molecular complexity index is 388. The maximum Gasteiger partial charge on any atom is 0.343 e. The molecule has 14 heavy (non-hydrogen) atoms. The summed E-state index contributed by atoms with van der Waals surface area (Å²) >= 11 is 8.12. The first-order valence-corrected chi connectivity index (χ1v) is 4.40. The molecule has 0 fully saturated rings. The molecule has 0 atom stereocenters. The second-order valence-corrected chi connectivity index (χ2v) is 3.52. The van der Waals surface area contributed by atoms with Crippen LogP contribution in [0.15, 0.2) is 4.47 Å². The molecule has 0 amide bonds. The van der Waals surface area contributed by atoms with Crippen LogP contribution in [-0.4, -0.2) is 26.4 Å². The fourth-order valence-corrected chi connectivity index (χ4v) is 1.55. The zero-order chi connectivity index (χ0) is 11.0. The van der Waals surface area contributed by atoms with E-state index in [0.717, 1.165) is 0 Å². The Hall–Kier alpha value is -1.14. The van der Waals surface area contributed by atoms with Gasteiger partial charge in [-0.15, -0.1) is 0 Å². The molecule has 0 unspecified atom stereocenters. The summed E-state index contributed by atoms with van der Waals surface area (Å²) in [6.45, 7) is 0. The molecule has 0 saturated heterocycles. The number of aromatic carboxylic acids is 1. The summed E-state index contributed by atoms with van der Waals surface area (Å²) < 4.78 is -0.280. The van der Waals surface area contributed by atoms with Crippen LogP contribution in [0.2, 0.25) is 5.02 Å². The Labute approximate surface area is 91.3 Å². The van der Waals surface area contributed by atoms with Crippen LogP contribution in [-0.2, 0) is 0 Å². The van der Waals surface area contributed by atoms with Gasteiger partial charge in [0.15, 0.2) is 17.2 Å². The fourth-order valence-electron chi connectivity index (χ4n) is 0.855. The highest BCUT2D eigenvalue weighted by Gasteiger charge is 2.25. The highest BCUT2D eigenvalue weighted by atomic mass is 79.9. The molecule has 7 heteroatoms. The Morgan fingerprint density at radius 1 is 1.14 bits per heavy atom. The van der Waals surface area contributed by atoms with Crippen LogP contribution in [0.3, 0.4) is 0 Å². The van der Waals surface area contributed by atoms with Gasteiger partial charge in [-0.2, -0.15) is 0 Å². The van der Waals surface area contributed by atoms with Crippen molar-refractivity contribution in [1.29, 1.82) is 0 Å². The van der Waals surface area contributed by atoms with Crippen LogP contribution in [0.5, 0.6) is 17.2 Å². The molecule has 0 bridgehead atoms. The van der Waals surface area contributed by atoms with E-state index >= 15 is 0 Å². The highest BCUT2D eigenvalue weighted by Crippen LogP contribution is 2.47. The van der Waals surface area contributed by atoms with Crippen molar-refractivity contribution in [2.45, 2.75) is 0 Å². The third kappa shape index (κ3) is 1.46. The normalized spacial score (nSPS) is 10.1. The Kier molecular flexibility index (Phi) is 2.77. The van der Waals surface area contributed by atoms with E-state index in [1.54, 1.807) is 0 Å². The molecule has 1 aromatic carbocycles. The molecule has 0 aliphatic carbocycles. The lowest BCUT2D eigenvalue weighted by Crippen LogP contribution is -1.98. The van der Waals surface area contributed by atoms with Crippen LogP contribution in [0, 0.1) is 0 Å². The number of carbonyl (C=O) groups is 1. The number of hydrogen-bond acceptors (Lipinski definition) is 4. The molecule has 0 heterocycles. The zero-order valence-corrected chi connectivity index (χ0v) is 8.79.